The average molecular weight is 665 g/mol. The minimum atomic E-state index is -0.285. The van der Waals surface area contributed by atoms with E-state index in [0.29, 0.717) is 30.6 Å². The van der Waals surface area contributed by atoms with Crippen molar-refractivity contribution in [1.82, 2.24) is 20.4 Å². The van der Waals surface area contributed by atoms with Crippen molar-refractivity contribution in [3.8, 4) is 11.5 Å². The second-order valence-electron chi connectivity index (χ2n) is 13.0. The highest BCUT2D eigenvalue weighted by Gasteiger charge is 2.31. The third kappa shape index (κ3) is 8.11. The van der Waals surface area contributed by atoms with Crippen LogP contribution in [0.25, 0.3) is 0 Å². The summed E-state index contributed by atoms with van der Waals surface area (Å²) in [6.07, 6.45) is 2.39. The molecule has 3 heterocycles. The van der Waals surface area contributed by atoms with E-state index in [1.165, 1.54) is 0 Å². The van der Waals surface area contributed by atoms with Gasteiger partial charge in [-0.25, -0.2) is 0 Å². The van der Waals surface area contributed by atoms with Gasteiger partial charge in [0.25, 0.3) is 5.91 Å². The molecule has 0 bridgehead atoms. The number of piperazine rings is 1. The highest BCUT2D eigenvalue weighted by atomic mass is 16.5. The summed E-state index contributed by atoms with van der Waals surface area (Å²) in [4.78, 5) is 42.0. The van der Waals surface area contributed by atoms with E-state index >= 15 is 0 Å². The second kappa shape index (κ2) is 14.9. The summed E-state index contributed by atoms with van der Waals surface area (Å²) in [5, 5.41) is 12.7. The molecule has 4 aromatic rings. The lowest BCUT2D eigenvalue weighted by Gasteiger charge is -2.45. The zero-order valence-corrected chi connectivity index (χ0v) is 28.5. The Labute approximate surface area is 287 Å². The van der Waals surface area contributed by atoms with Crippen LogP contribution in [-0.4, -0.2) is 72.2 Å². The van der Waals surface area contributed by atoms with Crippen LogP contribution in [0.5, 0.6) is 11.5 Å². The Morgan fingerprint density at radius 1 is 0.898 bits per heavy atom. The predicted octanol–water partition coefficient (Wildman–Crippen LogP) is 5.08. The van der Waals surface area contributed by atoms with E-state index in [1.54, 1.807) is 14.2 Å². The molecule has 0 saturated carbocycles. The van der Waals surface area contributed by atoms with Gasteiger partial charge in [-0.1, -0.05) is 24.3 Å². The molecule has 0 spiro atoms. The number of rotatable bonds is 11. The number of aromatic amines is 1. The second-order valence-corrected chi connectivity index (χ2v) is 13.0. The van der Waals surface area contributed by atoms with E-state index in [1.807, 2.05) is 60.7 Å². The monoisotopic (exact) mass is 664 g/mol. The van der Waals surface area contributed by atoms with Gasteiger partial charge in [-0.15, -0.1) is 0 Å². The van der Waals surface area contributed by atoms with Crippen LogP contribution in [0.2, 0.25) is 0 Å². The lowest BCUT2D eigenvalue weighted by molar-refractivity contribution is -0.134. The van der Waals surface area contributed by atoms with Crippen molar-refractivity contribution < 1.29 is 23.9 Å². The fourth-order valence-corrected chi connectivity index (χ4v) is 6.87. The van der Waals surface area contributed by atoms with E-state index in [2.05, 4.69) is 56.6 Å². The lowest BCUT2D eigenvalue weighted by Crippen LogP contribution is -2.56. The summed E-state index contributed by atoms with van der Waals surface area (Å²) in [7, 11) is 3.27. The van der Waals surface area contributed by atoms with E-state index < -0.39 is 0 Å². The molecule has 2 fully saturated rings. The van der Waals surface area contributed by atoms with Gasteiger partial charge in [0.2, 0.25) is 11.8 Å². The first kappa shape index (κ1) is 33.7. The Morgan fingerprint density at radius 2 is 1.61 bits per heavy atom. The van der Waals surface area contributed by atoms with Crippen LogP contribution in [-0.2, 0) is 29.0 Å². The molecule has 2 aliphatic heterocycles. The van der Waals surface area contributed by atoms with Gasteiger partial charge in [0.15, 0.2) is 5.82 Å². The summed E-state index contributed by atoms with van der Waals surface area (Å²) in [6, 6.07) is 24.2. The maximum absolute atomic E-state index is 13.1. The number of nitrogens with zero attached hydrogens (tertiary/aromatic N) is 3. The number of hydrogen-bond donors (Lipinski definition) is 3. The summed E-state index contributed by atoms with van der Waals surface area (Å²) < 4.78 is 10.7. The number of methoxy groups -OCH3 is 2. The van der Waals surface area contributed by atoms with Crippen LogP contribution in [0.4, 0.5) is 11.5 Å². The zero-order valence-electron chi connectivity index (χ0n) is 28.5. The largest absolute Gasteiger partial charge is 0.497 e. The van der Waals surface area contributed by atoms with Gasteiger partial charge >= 0.3 is 0 Å². The maximum atomic E-state index is 13.1. The molecule has 11 heteroatoms. The SMILES string of the molecule is COc1cc(CCc2cc(NC(=O)c3ccc(N4C[C@@H](C)N(Cc5cccc(C6CCC(=O)NC6=O)c5)[C@@H](C)C4)cc3)n[nH]2)cc(OC)c1. The van der Waals surface area contributed by atoms with Crippen LogP contribution in [0, 0.1) is 0 Å². The molecule has 0 radical (unpaired) electrons. The number of aryl methyl sites for hydroxylation is 2. The number of hydrogen-bond acceptors (Lipinski definition) is 8. The third-order valence-electron chi connectivity index (χ3n) is 9.52. The topological polar surface area (TPSA) is 129 Å². The molecule has 1 unspecified atom stereocenters. The van der Waals surface area contributed by atoms with Crippen LogP contribution >= 0.6 is 0 Å². The van der Waals surface area contributed by atoms with Crippen molar-refractivity contribution in [3.63, 3.8) is 0 Å². The van der Waals surface area contributed by atoms with E-state index in [-0.39, 0.29) is 35.7 Å². The van der Waals surface area contributed by atoms with Crippen LogP contribution in [0.3, 0.4) is 0 Å². The van der Waals surface area contributed by atoms with E-state index in [9.17, 15) is 14.4 Å². The Kier molecular flexibility index (Phi) is 10.3. The first-order valence-corrected chi connectivity index (χ1v) is 16.8. The van der Waals surface area contributed by atoms with Crippen LogP contribution in [0.15, 0.2) is 72.8 Å². The molecule has 256 valence electrons. The van der Waals surface area contributed by atoms with Gasteiger partial charge in [0.05, 0.1) is 20.1 Å². The van der Waals surface area contributed by atoms with Crippen molar-refractivity contribution in [1.29, 1.82) is 0 Å². The molecule has 3 N–H and O–H groups in total. The van der Waals surface area contributed by atoms with Crippen molar-refractivity contribution in [3.05, 3.63) is 101 Å². The van der Waals surface area contributed by atoms with Gasteiger partial charge in [0, 0.05) is 67.2 Å². The fourth-order valence-electron chi connectivity index (χ4n) is 6.87. The standard InChI is InChI=1S/C38H44N6O5/c1-24-21-43(22-25(2)44(24)23-27-6-5-7-29(16-27)34-14-15-36(45)40-38(34)47)31-12-9-28(10-13-31)37(46)39-35-19-30(41-42-35)11-8-26-17-32(48-3)20-33(18-26)49-4/h5-7,9-10,12-13,16-20,24-25,34H,8,11,14-15,21-23H2,1-4H3,(H,40,45,47)(H2,39,41,42,46)/t24-,25+,34?. The molecule has 49 heavy (non-hydrogen) atoms. The number of imide groups is 1. The highest BCUT2D eigenvalue weighted by molar-refractivity contribution is 6.04. The summed E-state index contributed by atoms with van der Waals surface area (Å²) in [5.74, 6) is 1.07. The fraction of sp³-hybridized carbons (Fsp3) is 0.368. The molecule has 6 rings (SSSR count). The number of benzene rings is 3. The molecular formula is C38H44N6O5. The van der Waals surface area contributed by atoms with E-state index in [4.69, 9.17) is 9.47 Å². The average Bonchev–Trinajstić information content (AvgIpc) is 3.55. The lowest BCUT2D eigenvalue weighted by atomic mass is 9.89. The molecular weight excluding hydrogens is 620 g/mol. The zero-order chi connectivity index (χ0) is 34.5. The van der Waals surface area contributed by atoms with Crippen LogP contribution in [0.1, 0.15) is 65.3 Å². The quantitative estimate of drug-likeness (QED) is 0.189. The minimum absolute atomic E-state index is 0.196. The minimum Gasteiger partial charge on any atom is -0.497 e. The number of amides is 3. The van der Waals surface area contributed by atoms with Gasteiger partial charge in [-0.05, 0) is 86.2 Å². The Bertz CT molecular complexity index is 1770. The van der Waals surface area contributed by atoms with Gasteiger partial charge < -0.3 is 19.7 Å². The molecule has 3 amide bonds. The molecule has 0 aliphatic carbocycles. The van der Waals surface area contributed by atoms with Gasteiger partial charge in [0.1, 0.15) is 11.5 Å². The summed E-state index contributed by atoms with van der Waals surface area (Å²) in [5.41, 5.74) is 5.75. The maximum Gasteiger partial charge on any atom is 0.256 e. The number of piperidine rings is 1. The van der Waals surface area contributed by atoms with Crippen molar-refractivity contribution >= 4 is 29.2 Å². The number of ether oxygens (including phenoxy) is 2. The number of aromatic nitrogens is 2. The molecule has 2 saturated heterocycles. The number of carbonyl (C=O) groups is 3. The van der Waals surface area contributed by atoms with Crippen molar-refractivity contribution in [2.24, 2.45) is 0 Å². The number of nitrogens with one attached hydrogen (secondary N) is 3. The molecule has 3 aromatic carbocycles. The smallest absolute Gasteiger partial charge is 0.256 e. The first-order valence-electron chi connectivity index (χ1n) is 16.8. The highest BCUT2D eigenvalue weighted by Crippen LogP contribution is 2.29. The van der Waals surface area contributed by atoms with Crippen molar-refractivity contribution in [2.75, 3.05) is 37.5 Å². The molecule has 3 atom stereocenters. The Hall–Kier alpha value is -5.16. The first-order chi connectivity index (χ1) is 23.7. The van der Waals surface area contributed by atoms with E-state index in [0.717, 1.165) is 65.6 Å². The molecule has 11 nitrogen and oxygen atoms in total. The summed E-state index contributed by atoms with van der Waals surface area (Å²) >= 11 is 0. The normalized spacial score (nSPS) is 19.8. The summed E-state index contributed by atoms with van der Waals surface area (Å²) in [6.45, 7) is 6.95. The Balaban J connectivity index is 1.02. The molecule has 2 aliphatic rings. The third-order valence-corrected chi connectivity index (χ3v) is 9.52. The van der Waals surface area contributed by atoms with Crippen molar-refractivity contribution in [2.45, 2.75) is 64.1 Å². The van der Waals surface area contributed by atoms with Gasteiger partial charge in [-0.2, -0.15) is 5.10 Å². The van der Waals surface area contributed by atoms with Gasteiger partial charge in [-0.3, -0.25) is 29.7 Å². The molecule has 1 aromatic heterocycles. The number of anilines is 2. The van der Waals surface area contributed by atoms with Crippen LogP contribution < -0.4 is 25.0 Å². The Morgan fingerprint density at radius 3 is 2.29 bits per heavy atom. The predicted molar refractivity (Wildman–Crippen MR) is 188 cm³/mol. The number of H-pyrrole nitrogens is 1. The number of carbonyl (C=O) groups excluding carboxylic acids is 3.